The number of hydrogen-bond donors (Lipinski definition) is 1. The van der Waals surface area contributed by atoms with Crippen molar-refractivity contribution < 1.29 is 24.2 Å². The van der Waals surface area contributed by atoms with Crippen LogP contribution in [-0.2, 0) is 19.1 Å². The third-order valence-corrected chi connectivity index (χ3v) is 9.63. The lowest BCUT2D eigenvalue weighted by Crippen LogP contribution is -2.28. The molecule has 0 fully saturated rings. The Bertz CT molecular complexity index is 873. The SMILES string of the molecule is CCCCC/C=C\C/C=C\C/C=C\C/C=C\CCCC(=O)OC[C@H](CO)OC(=O)CCCCCCCCCCCCCCCCCCCCCCC. The van der Waals surface area contributed by atoms with E-state index in [0.29, 0.717) is 19.3 Å². The maximum absolute atomic E-state index is 12.2. The molecular formula is C47H84O5. The molecule has 52 heavy (non-hydrogen) atoms. The van der Waals surface area contributed by atoms with Gasteiger partial charge in [0.2, 0.25) is 0 Å². The van der Waals surface area contributed by atoms with Crippen molar-refractivity contribution in [2.24, 2.45) is 0 Å². The number of ether oxygens (including phenoxy) is 2. The fourth-order valence-electron chi connectivity index (χ4n) is 6.25. The Morgan fingerprint density at radius 2 is 0.788 bits per heavy atom. The first kappa shape index (κ1) is 49.9. The normalized spacial score (nSPS) is 12.6. The topological polar surface area (TPSA) is 72.8 Å². The van der Waals surface area contributed by atoms with Crippen LogP contribution in [0.25, 0.3) is 0 Å². The average Bonchev–Trinajstić information content (AvgIpc) is 3.15. The number of hydrogen-bond acceptors (Lipinski definition) is 5. The molecule has 0 aliphatic rings. The molecule has 0 radical (unpaired) electrons. The highest BCUT2D eigenvalue weighted by Gasteiger charge is 2.16. The Hall–Kier alpha value is -2.14. The Balaban J connectivity index is 3.58. The second kappa shape index (κ2) is 43.3. The maximum Gasteiger partial charge on any atom is 0.306 e. The van der Waals surface area contributed by atoms with Crippen LogP contribution in [-0.4, -0.2) is 36.4 Å². The summed E-state index contributed by atoms with van der Waals surface area (Å²) >= 11 is 0. The summed E-state index contributed by atoms with van der Waals surface area (Å²) in [6.07, 6.45) is 54.8. The summed E-state index contributed by atoms with van der Waals surface area (Å²) in [6, 6.07) is 0. The van der Waals surface area contributed by atoms with E-state index >= 15 is 0 Å². The molecule has 0 aromatic carbocycles. The van der Waals surface area contributed by atoms with E-state index in [2.05, 4.69) is 62.5 Å². The van der Waals surface area contributed by atoms with Gasteiger partial charge in [-0.2, -0.15) is 0 Å². The van der Waals surface area contributed by atoms with Crippen LogP contribution >= 0.6 is 0 Å². The second-order valence-corrected chi connectivity index (χ2v) is 14.8. The summed E-state index contributed by atoms with van der Waals surface area (Å²) in [4.78, 5) is 24.3. The molecule has 302 valence electrons. The minimum absolute atomic E-state index is 0.0926. The van der Waals surface area contributed by atoms with Gasteiger partial charge >= 0.3 is 11.9 Å². The minimum Gasteiger partial charge on any atom is -0.462 e. The third-order valence-electron chi connectivity index (χ3n) is 9.63. The van der Waals surface area contributed by atoms with E-state index in [0.717, 1.165) is 44.9 Å². The molecule has 0 aliphatic heterocycles. The second-order valence-electron chi connectivity index (χ2n) is 14.8. The molecule has 1 atom stereocenters. The number of esters is 2. The van der Waals surface area contributed by atoms with E-state index in [1.54, 1.807) is 0 Å². The Morgan fingerprint density at radius 1 is 0.442 bits per heavy atom. The number of allylic oxidation sites excluding steroid dienone is 8. The van der Waals surface area contributed by atoms with E-state index in [-0.39, 0.29) is 25.2 Å². The highest BCUT2D eigenvalue weighted by atomic mass is 16.6. The molecule has 0 aromatic heterocycles. The van der Waals surface area contributed by atoms with E-state index in [1.807, 2.05) is 0 Å². The summed E-state index contributed by atoms with van der Waals surface area (Å²) in [6.45, 7) is 4.08. The van der Waals surface area contributed by atoms with Gasteiger partial charge in [-0.15, -0.1) is 0 Å². The summed E-state index contributed by atoms with van der Waals surface area (Å²) in [5.74, 6) is -0.650. The molecule has 0 aliphatic carbocycles. The zero-order valence-corrected chi connectivity index (χ0v) is 34.3. The monoisotopic (exact) mass is 729 g/mol. The van der Waals surface area contributed by atoms with Crippen molar-refractivity contribution in [1.29, 1.82) is 0 Å². The molecule has 0 bridgehead atoms. The molecule has 5 heteroatoms. The van der Waals surface area contributed by atoms with Crippen molar-refractivity contribution in [1.82, 2.24) is 0 Å². The quantitative estimate of drug-likeness (QED) is 0.0386. The van der Waals surface area contributed by atoms with E-state index in [9.17, 15) is 14.7 Å². The molecule has 0 heterocycles. The number of unbranched alkanes of at least 4 members (excludes halogenated alkanes) is 24. The predicted molar refractivity (Wildman–Crippen MR) is 224 cm³/mol. The van der Waals surface area contributed by atoms with Crippen LogP contribution in [0.4, 0.5) is 0 Å². The zero-order chi connectivity index (χ0) is 37.8. The van der Waals surface area contributed by atoms with Gasteiger partial charge in [-0.05, 0) is 51.4 Å². The van der Waals surface area contributed by atoms with E-state index < -0.39 is 6.10 Å². The number of rotatable bonds is 40. The number of aliphatic hydroxyl groups excluding tert-OH is 1. The van der Waals surface area contributed by atoms with E-state index in [4.69, 9.17) is 9.47 Å². The van der Waals surface area contributed by atoms with Crippen molar-refractivity contribution in [3.63, 3.8) is 0 Å². The van der Waals surface area contributed by atoms with Crippen LogP contribution in [0.2, 0.25) is 0 Å². The molecule has 5 nitrogen and oxygen atoms in total. The van der Waals surface area contributed by atoms with Crippen molar-refractivity contribution in [2.45, 2.75) is 225 Å². The van der Waals surface area contributed by atoms with Gasteiger partial charge < -0.3 is 14.6 Å². The van der Waals surface area contributed by atoms with Crippen molar-refractivity contribution in [3.05, 3.63) is 48.6 Å². The van der Waals surface area contributed by atoms with Gasteiger partial charge in [-0.1, -0.05) is 204 Å². The van der Waals surface area contributed by atoms with Crippen LogP contribution in [0.1, 0.15) is 219 Å². The number of carbonyl (C=O) groups is 2. The standard InChI is InChI=1S/C47H84O5/c1-3-5-7-9-11-13-15-17-19-21-22-23-24-26-28-30-32-34-36-38-40-42-47(50)52-45(43-48)44-51-46(49)41-39-37-35-33-31-29-27-25-20-18-16-14-12-10-8-6-4-2/h12,14,18,20,27,29,33,35,45,48H,3-11,13,15-17,19,21-26,28,30-32,34,36-44H2,1-2H3/b14-12-,20-18-,29-27-,35-33-/t45-/m0/s1. The lowest BCUT2D eigenvalue weighted by Gasteiger charge is -2.15. The smallest absolute Gasteiger partial charge is 0.306 e. The lowest BCUT2D eigenvalue weighted by atomic mass is 10.0. The summed E-state index contributed by atoms with van der Waals surface area (Å²) < 4.78 is 10.6. The average molecular weight is 729 g/mol. The fraction of sp³-hybridized carbons (Fsp3) is 0.787. The van der Waals surface area contributed by atoms with Crippen LogP contribution in [0, 0.1) is 0 Å². The Kier molecular flexibility index (Phi) is 41.5. The van der Waals surface area contributed by atoms with Gasteiger partial charge in [-0.25, -0.2) is 0 Å². The van der Waals surface area contributed by atoms with Crippen molar-refractivity contribution >= 4 is 11.9 Å². The molecule has 0 unspecified atom stereocenters. The summed E-state index contributed by atoms with van der Waals surface area (Å²) in [5.41, 5.74) is 0. The highest BCUT2D eigenvalue weighted by Crippen LogP contribution is 2.15. The molecule has 0 rings (SSSR count). The van der Waals surface area contributed by atoms with Gasteiger partial charge in [-0.3, -0.25) is 9.59 Å². The predicted octanol–water partition coefficient (Wildman–Crippen LogP) is 14.2. The third kappa shape index (κ3) is 40.6. The Morgan fingerprint density at radius 3 is 1.21 bits per heavy atom. The number of carbonyl (C=O) groups excluding carboxylic acids is 2. The van der Waals surface area contributed by atoms with Crippen LogP contribution in [0.15, 0.2) is 48.6 Å². The molecule has 0 spiro atoms. The first-order chi connectivity index (χ1) is 25.6. The molecule has 0 saturated carbocycles. The van der Waals surface area contributed by atoms with Gasteiger partial charge in [0.1, 0.15) is 6.61 Å². The molecule has 1 N–H and O–H groups in total. The summed E-state index contributed by atoms with van der Waals surface area (Å²) in [7, 11) is 0. The van der Waals surface area contributed by atoms with Gasteiger partial charge in [0.25, 0.3) is 0 Å². The molecule has 0 saturated heterocycles. The number of aliphatic hydroxyl groups is 1. The first-order valence-corrected chi connectivity index (χ1v) is 22.2. The maximum atomic E-state index is 12.2. The van der Waals surface area contributed by atoms with Crippen LogP contribution in [0.3, 0.4) is 0 Å². The van der Waals surface area contributed by atoms with Gasteiger partial charge in [0, 0.05) is 12.8 Å². The zero-order valence-electron chi connectivity index (χ0n) is 34.3. The lowest BCUT2D eigenvalue weighted by molar-refractivity contribution is -0.161. The fourth-order valence-corrected chi connectivity index (χ4v) is 6.25. The molecular weight excluding hydrogens is 645 g/mol. The molecule has 0 amide bonds. The van der Waals surface area contributed by atoms with Crippen LogP contribution in [0.5, 0.6) is 0 Å². The van der Waals surface area contributed by atoms with Gasteiger partial charge in [0.15, 0.2) is 6.10 Å². The van der Waals surface area contributed by atoms with Crippen LogP contribution < -0.4 is 0 Å². The highest BCUT2D eigenvalue weighted by molar-refractivity contribution is 5.70. The first-order valence-electron chi connectivity index (χ1n) is 22.2. The van der Waals surface area contributed by atoms with Crippen molar-refractivity contribution in [3.8, 4) is 0 Å². The summed E-state index contributed by atoms with van der Waals surface area (Å²) in [5, 5.41) is 9.58. The van der Waals surface area contributed by atoms with Gasteiger partial charge in [0.05, 0.1) is 6.61 Å². The minimum atomic E-state index is -0.792. The van der Waals surface area contributed by atoms with E-state index in [1.165, 1.54) is 141 Å². The Labute approximate surface area is 322 Å². The molecule has 0 aromatic rings. The largest absolute Gasteiger partial charge is 0.462 e. The van der Waals surface area contributed by atoms with Crippen molar-refractivity contribution in [2.75, 3.05) is 13.2 Å².